The van der Waals surface area contributed by atoms with E-state index in [2.05, 4.69) is 5.32 Å². The smallest absolute Gasteiger partial charge is 0.262 e. The molecule has 0 unspecified atom stereocenters. The van der Waals surface area contributed by atoms with Crippen molar-refractivity contribution in [1.29, 1.82) is 5.26 Å². The van der Waals surface area contributed by atoms with Crippen LogP contribution >= 0.6 is 0 Å². The quantitative estimate of drug-likeness (QED) is 0.615. The zero-order valence-corrected chi connectivity index (χ0v) is 12.0. The predicted octanol–water partition coefficient (Wildman–Crippen LogP) is 2.10. The number of carbonyl (C=O) groups excluding carboxylic acids is 1. The predicted molar refractivity (Wildman–Crippen MR) is 75.4 cm³/mol. The topological polar surface area (TPSA) is 86.3 Å². The molecule has 0 bridgehead atoms. The second kappa shape index (κ2) is 6.92. The highest BCUT2D eigenvalue weighted by molar-refractivity contribution is 6.01. The Morgan fingerprint density at radius 3 is 2.90 bits per heavy atom. The Bertz CT molecular complexity index is 510. The van der Waals surface area contributed by atoms with Gasteiger partial charge in [-0.3, -0.25) is 4.79 Å². The molecule has 1 amide bonds. The summed E-state index contributed by atoms with van der Waals surface area (Å²) in [7, 11) is 0. The maximum Gasteiger partial charge on any atom is 0.262 e. The molecule has 1 rings (SSSR count). The van der Waals surface area contributed by atoms with Gasteiger partial charge in [0, 0.05) is 12.6 Å². The lowest BCUT2D eigenvalue weighted by molar-refractivity contribution is -0.118. The highest BCUT2D eigenvalue weighted by Gasteiger charge is 2.27. The number of furan rings is 1. The molecule has 0 saturated carbocycles. The van der Waals surface area contributed by atoms with Crippen LogP contribution in [-0.2, 0) is 4.79 Å². The summed E-state index contributed by atoms with van der Waals surface area (Å²) < 4.78 is 5.06. The number of nitrogens with one attached hydrogen (secondary N) is 1. The Kier molecular flexibility index (Phi) is 5.53. The van der Waals surface area contributed by atoms with Crippen LogP contribution in [0, 0.1) is 17.2 Å². The van der Waals surface area contributed by atoms with Crippen LogP contribution in [0.15, 0.2) is 28.4 Å². The van der Waals surface area contributed by atoms with Crippen LogP contribution < -0.4 is 5.32 Å². The van der Waals surface area contributed by atoms with Gasteiger partial charge in [0.2, 0.25) is 0 Å². The minimum absolute atomic E-state index is 0.0439. The van der Waals surface area contributed by atoms with Gasteiger partial charge in [0.15, 0.2) is 0 Å². The molecule has 0 fully saturated rings. The van der Waals surface area contributed by atoms with Crippen LogP contribution in [0.1, 0.15) is 33.0 Å². The highest BCUT2D eigenvalue weighted by Crippen LogP contribution is 2.19. The van der Waals surface area contributed by atoms with Crippen molar-refractivity contribution in [3.05, 3.63) is 29.7 Å². The third-order valence-electron chi connectivity index (χ3n) is 3.48. The standard InChI is InChI=1S/C15H20N2O3/c1-4-11(2)15(3,19)10-17-14(18)12(9-16)8-13-6-5-7-20-13/h5-8,11,19H,4,10H2,1-3H3,(H,17,18)/b12-8+/t11-,15+/m1/s1. The average molecular weight is 276 g/mol. The van der Waals surface area contributed by atoms with Crippen LogP contribution in [0.3, 0.4) is 0 Å². The van der Waals surface area contributed by atoms with E-state index in [1.54, 1.807) is 19.1 Å². The molecule has 5 nitrogen and oxygen atoms in total. The van der Waals surface area contributed by atoms with Crippen molar-refractivity contribution in [2.45, 2.75) is 32.8 Å². The zero-order chi connectivity index (χ0) is 15.2. The van der Waals surface area contributed by atoms with Gasteiger partial charge in [0.05, 0.1) is 11.9 Å². The molecule has 108 valence electrons. The Labute approximate surface area is 118 Å². The zero-order valence-electron chi connectivity index (χ0n) is 12.0. The summed E-state index contributed by atoms with van der Waals surface area (Å²) >= 11 is 0. The van der Waals surface area contributed by atoms with Gasteiger partial charge >= 0.3 is 0 Å². The number of carbonyl (C=O) groups is 1. The van der Waals surface area contributed by atoms with E-state index in [0.29, 0.717) is 5.76 Å². The Morgan fingerprint density at radius 2 is 2.40 bits per heavy atom. The van der Waals surface area contributed by atoms with E-state index in [-0.39, 0.29) is 18.0 Å². The van der Waals surface area contributed by atoms with Crippen LogP contribution in [0.4, 0.5) is 0 Å². The van der Waals surface area contributed by atoms with E-state index in [1.165, 1.54) is 12.3 Å². The normalized spacial score (nSPS) is 16.1. The first-order valence-electron chi connectivity index (χ1n) is 6.56. The molecule has 5 heteroatoms. The second-order valence-electron chi connectivity index (χ2n) is 5.03. The monoisotopic (exact) mass is 276 g/mol. The number of hydrogen-bond donors (Lipinski definition) is 2. The first-order chi connectivity index (χ1) is 9.40. The minimum atomic E-state index is -1.00. The third-order valence-corrected chi connectivity index (χ3v) is 3.48. The van der Waals surface area contributed by atoms with Crippen LogP contribution in [0.2, 0.25) is 0 Å². The number of aliphatic hydroxyl groups is 1. The third kappa shape index (κ3) is 4.25. The van der Waals surface area contributed by atoms with E-state index in [0.717, 1.165) is 6.42 Å². The molecule has 0 aromatic carbocycles. The van der Waals surface area contributed by atoms with Crippen molar-refractivity contribution in [2.24, 2.45) is 5.92 Å². The largest absolute Gasteiger partial charge is 0.465 e. The molecule has 0 radical (unpaired) electrons. The molecule has 1 heterocycles. The van der Waals surface area contributed by atoms with Crippen molar-refractivity contribution < 1.29 is 14.3 Å². The molecule has 0 saturated heterocycles. The van der Waals surface area contributed by atoms with Crippen molar-refractivity contribution in [3.8, 4) is 6.07 Å². The first kappa shape index (κ1) is 16.0. The summed E-state index contributed by atoms with van der Waals surface area (Å²) in [5, 5.41) is 21.8. The summed E-state index contributed by atoms with van der Waals surface area (Å²) in [5.41, 5.74) is -1.06. The molecule has 0 aliphatic rings. The van der Waals surface area contributed by atoms with Crippen molar-refractivity contribution in [1.82, 2.24) is 5.32 Å². The minimum Gasteiger partial charge on any atom is -0.465 e. The summed E-state index contributed by atoms with van der Waals surface area (Å²) in [6.07, 6.45) is 3.63. The van der Waals surface area contributed by atoms with Gasteiger partial charge in [-0.05, 0) is 25.0 Å². The molecule has 0 aliphatic heterocycles. The number of rotatable bonds is 6. The van der Waals surface area contributed by atoms with Gasteiger partial charge < -0.3 is 14.8 Å². The summed E-state index contributed by atoms with van der Waals surface area (Å²) in [5.74, 6) is -0.0414. The van der Waals surface area contributed by atoms with Gasteiger partial charge in [0.1, 0.15) is 17.4 Å². The van der Waals surface area contributed by atoms with Crippen molar-refractivity contribution in [3.63, 3.8) is 0 Å². The van der Waals surface area contributed by atoms with Gasteiger partial charge in [-0.1, -0.05) is 20.3 Å². The van der Waals surface area contributed by atoms with E-state index < -0.39 is 11.5 Å². The average Bonchev–Trinajstić information content (AvgIpc) is 2.94. The lowest BCUT2D eigenvalue weighted by atomic mass is 9.88. The van der Waals surface area contributed by atoms with Crippen LogP contribution in [0.5, 0.6) is 0 Å². The fourth-order valence-corrected chi connectivity index (χ4v) is 1.63. The lowest BCUT2D eigenvalue weighted by Crippen LogP contribution is -2.45. The maximum atomic E-state index is 11.9. The molecule has 20 heavy (non-hydrogen) atoms. The molecule has 1 aromatic heterocycles. The molecular formula is C15H20N2O3. The van der Waals surface area contributed by atoms with Gasteiger partial charge in [-0.15, -0.1) is 0 Å². The molecule has 2 atom stereocenters. The highest BCUT2D eigenvalue weighted by atomic mass is 16.3. The Morgan fingerprint density at radius 1 is 1.70 bits per heavy atom. The van der Waals surface area contributed by atoms with Crippen LogP contribution in [-0.4, -0.2) is 23.2 Å². The van der Waals surface area contributed by atoms with E-state index >= 15 is 0 Å². The van der Waals surface area contributed by atoms with E-state index in [4.69, 9.17) is 9.68 Å². The van der Waals surface area contributed by atoms with Gasteiger partial charge in [0.25, 0.3) is 5.91 Å². The molecular weight excluding hydrogens is 256 g/mol. The van der Waals surface area contributed by atoms with Crippen molar-refractivity contribution in [2.75, 3.05) is 6.54 Å². The molecule has 1 aromatic rings. The molecule has 0 aliphatic carbocycles. The summed E-state index contributed by atoms with van der Waals surface area (Å²) in [4.78, 5) is 11.9. The number of nitrogens with zero attached hydrogens (tertiary/aromatic N) is 1. The first-order valence-corrected chi connectivity index (χ1v) is 6.56. The van der Waals surface area contributed by atoms with E-state index in [1.807, 2.05) is 19.9 Å². The summed E-state index contributed by atoms with van der Waals surface area (Å²) in [6, 6.07) is 5.15. The Balaban J connectivity index is 2.69. The molecule has 0 spiro atoms. The maximum absolute atomic E-state index is 11.9. The van der Waals surface area contributed by atoms with Gasteiger partial charge in [-0.25, -0.2) is 0 Å². The number of hydrogen-bond acceptors (Lipinski definition) is 4. The lowest BCUT2D eigenvalue weighted by Gasteiger charge is -2.29. The fraction of sp³-hybridized carbons (Fsp3) is 0.467. The number of nitriles is 1. The van der Waals surface area contributed by atoms with Crippen LogP contribution in [0.25, 0.3) is 6.08 Å². The van der Waals surface area contributed by atoms with E-state index in [9.17, 15) is 9.90 Å². The number of amides is 1. The fourth-order valence-electron chi connectivity index (χ4n) is 1.63. The Hall–Kier alpha value is -2.06. The summed E-state index contributed by atoms with van der Waals surface area (Å²) in [6.45, 7) is 5.65. The molecule has 2 N–H and O–H groups in total. The van der Waals surface area contributed by atoms with Gasteiger partial charge in [-0.2, -0.15) is 5.26 Å². The second-order valence-corrected chi connectivity index (χ2v) is 5.03. The van der Waals surface area contributed by atoms with Crippen molar-refractivity contribution >= 4 is 12.0 Å². The SMILES string of the molecule is CC[C@@H](C)[C@@](C)(O)CNC(=O)/C(C#N)=C/c1ccco1.